The fourth-order valence-corrected chi connectivity index (χ4v) is 2.55. The number of hydrogen-bond acceptors (Lipinski definition) is 3. The second-order valence-corrected chi connectivity index (χ2v) is 5.99. The van der Waals surface area contributed by atoms with Gasteiger partial charge in [0.1, 0.15) is 11.6 Å². The van der Waals surface area contributed by atoms with Crippen molar-refractivity contribution in [1.82, 2.24) is 0 Å². The number of amides is 1. The van der Waals surface area contributed by atoms with E-state index in [4.69, 9.17) is 4.74 Å². The van der Waals surface area contributed by atoms with Crippen molar-refractivity contribution >= 4 is 17.4 Å². The van der Waals surface area contributed by atoms with E-state index in [2.05, 4.69) is 5.32 Å². The van der Waals surface area contributed by atoms with Crippen LogP contribution in [0.2, 0.25) is 0 Å². The molecule has 3 rings (SSSR count). The van der Waals surface area contributed by atoms with E-state index in [0.717, 1.165) is 0 Å². The summed E-state index contributed by atoms with van der Waals surface area (Å²) in [7, 11) is 0. The van der Waals surface area contributed by atoms with Crippen molar-refractivity contribution in [2.75, 3.05) is 5.32 Å². The second-order valence-electron chi connectivity index (χ2n) is 5.99. The van der Waals surface area contributed by atoms with Crippen molar-refractivity contribution < 1.29 is 18.7 Å². The van der Waals surface area contributed by atoms with Crippen molar-refractivity contribution in [3.63, 3.8) is 0 Å². The third-order valence-corrected chi connectivity index (χ3v) is 3.97. The molecule has 0 bridgehead atoms. The Morgan fingerprint density at radius 3 is 2.11 bits per heavy atom. The Bertz CT molecular complexity index is 922. The molecular weight excluding hydrogens is 345 g/mol. The van der Waals surface area contributed by atoms with Crippen molar-refractivity contribution in [1.29, 1.82) is 0 Å². The Balaban J connectivity index is 1.83. The van der Waals surface area contributed by atoms with Gasteiger partial charge in [0.15, 0.2) is 5.78 Å². The molecule has 3 aromatic rings. The summed E-state index contributed by atoms with van der Waals surface area (Å²) >= 11 is 0. The number of rotatable bonds is 6. The zero-order valence-electron chi connectivity index (χ0n) is 14.7. The normalized spacial score (nSPS) is 11.5. The Morgan fingerprint density at radius 2 is 1.52 bits per heavy atom. The molecule has 0 aliphatic heterocycles. The smallest absolute Gasteiger partial charge is 0.270 e. The van der Waals surface area contributed by atoms with Crippen LogP contribution in [0.15, 0.2) is 78.9 Å². The molecule has 27 heavy (non-hydrogen) atoms. The van der Waals surface area contributed by atoms with E-state index in [0.29, 0.717) is 22.6 Å². The lowest BCUT2D eigenvalue weighted by atomic mass is 10.1. The summed E-state index contributed by atoms with van der Waals surface area (Å²) in [4.78, 5) is 24.2. The van der Waals surface area contributed by atoms with Crippen LogP contribution in [0, 0.1) is 5.82 Å². The molecule has 0 radical (unpaired) electrons. The minimum atomic E-state index is -0.903. The van der Waals surface area contributed by atoms with E-state index in [1.54, 1.807) is 36.4 Å². The van der Waals surface area contributed by atoms with Gasteiger partial charge in [-0.2, -0.15) is 0 Å². The van der Waals surface area contributed by atoms with Gasteiger partial charge < -0.3 is 10.1 Å². The maximum absolute atomic E-state index is 13.1. The summed E-state index contributed by atoms with van der Waals surface area (Å²) in [6.07, 6.45) is -0.903. The molecule has 1 amide bonds. The van der Waals surface area contributed by atoms with Crippen LogP contribution in [-0.2, 0) is 4.79 Å². The molecule has 0 saturated heterocycles. The van der Waals surface area contributed by atoms with Gasteiger partial charge in [-0.05, 0) is 55.5 Å². The number of carbonyl (C=O) groups is 2. The molecule has 4 nitrogen and oxygen atoms in total. The third-order valence-electron chi connectivity index (χ3n) is 3.97. The Kier molecular flexibility index (Phi) is 5.61. The first-order chi connectivity index (χ1) is 13.0. The van der Waals surface area contributed by atoms with E-state index in [-0.39, 0.29) is 17.5 Å². The van der Waals surface area contributed by atoms with Gasteiger partial charge in [0.2, 0.25) is 6.10 Å². The molecule has 136 valence electrons. The summed E-state index contributed by atoms with van der Waals surface area (Å²) in [6, 6.07) is 21.2. The first kappa shape index (κ1) is 18.3. The van der Waals surface area contributed by atoms with E-state index in [1.165, 1.54) is 31.2 Å². The van der Waals surface area contributed by atoms with E-state index in [1.807, 2.05) is 18.2 Å². The van der Waals surface area contributed by atoms with Crippen LogP contribution in [0.5, 0.6) is 5.75 Å². The standard InChI is InChI=1S/C22H18FNO3/c1-15(25)16-7-13-20(14-8-16)27-21(17-5-3-2-4-6-17)22(26)24-19-11-9-18(23)10-12-19/h2-14,21H,1H3,(H,24,26)/t21-/m0/s1. The number of halogens is 1. The number of hydrogen-bond donors (Lipinski definition) is 1. The highest BCUT2D eigenvalue weighted by atomic mass is 19.1. The number of anilines is 1. The number of nitrogens with one attached hydrogen (secondary N) is 1. The highest BCUT2D eigenvalue weighted by Crippen LogP contribution is 2.24. The fourth-order valence-electron chi connectivity index (χ4n) is 2.55. The van der Waals surface area contributed by atoms with Gasteiger partial charge >= 0.3 is 0 Å². The summed E-state index contributed by atoms with van der Waals surface area (Å²) in [5.74, 6) is -0.351. The van der Waals surface area contributed by atoms with E-state index in [9.17, 15) is 14.0 Å². The number of Topliss-reactive ketones (excluding diaryl/α,β-unsaturated/α-hetero) is 1. The van der Waals surface area contributed by atoms with Gasteiger partial charge in [0.05, 0.1) is 0 Å². The molecule has 5 heteroatoms. The number of ether oxygens (including phenoxy) is 1. The van der Waals surface area contributed by atoms with Gasteiger partial charge in [0, 0.05) is 16.8 Å². The molecule has 0 aromatic heterocycles. The minimum Gasteiger partial charge on any atom is -0.476 e. The SMILES string of the molecule is CC(=O)c1ccc(O[C@H](C(=O)Nc2ccc(F)cc2)c2ccccc2)cc1. The van der Waals surface area contributed by atoms with Crippen LogP contribution >= 0.6 is 0 Å². The van der Waals surface area contributed by atoms with Crippen LogP contribution in [0.1, 0.15) is 28.9 Å². The Hall–Kier alpha value is -3.47. The van der Waals surface area contributed by atoms with Crippen molar-refractivity contribution in [2.45, 2.75) is 13.0 Å². The van der Waals surface area contributed by atoms with Crippen molar-refractivity contribution in [3.8, 4) is 5.75 Å². The molecule has 0 saturated carbocycles. The lowest BCUT2D eigenvalue weighted by molar-refractivity contribution is -0.123. The monoisotopic (exact) mass is 363 g/mol. The van der Waals surface area contributed by atoms with Crippen LogP contribution in [0.4, 0.5) is 10.1 Å². The van der Waals surface area contributed by atoms with Crippen molar-refractivity contribution in [2.24, 2.45) is 0 Å². The Labute approximate surface area is 156 Å². The molecule has 1 N–H and O–H groups in total. The average Bonchev–Trinajstić information content (AvgIpc) is 2.69. The highest BCUT2D eigenvalue weighted by molar-refractivity contribution is 5.95. The number of carbonyl (C=O) groups excluding carboxylic acids is 2. The van der Waals surface area contributed by atoms with Crippen LogP contribution in [0.25, 0.3) is 0 Å². The molecule has 0 spiro atoms. The van der Waals surface area contributed by atoms with Gasteiger partial charge in [-0.15, -0.1) is 0 Å². The van der Waals surface area contributed by atoms with Crippen LogP contribution in [0.3, 0.4) is 0 Å². The van der Waals surface area contributed by atoms with Crippen LogP contribution in [-0.4, -0.2) is 11.7 Å². The maximum Gasteiger partial charge on any atom is 0.270 e. The lowest BCUT2D eigenvalue weighted by Crippen LogP contribution is -2.25. The number of benzene rings is 3. The summed E-state index contributed by atoms with van der Waals surface area (Å²) in [5, 5.41) is 2.73. The van der Waals surface area contributed by atoms with Gasteiger partial charge in [0.25, 0.3) is 5.91 Å². The zero-order valence-corrected chi connectivity index (χ0v) is 14.7. The lowest BCUT2D eigenvalue weighted by Gasteiger charge is -2.19. The predicted molar refractivity (Wildman–Crippen MR) is 101 cm³/mol. The number of ketones is 1. The molecule has 0 aliphatic carbocycles. The minimum absolute atomic E-state index is 0.0461. The molecule has 0 unspecified atom stereocenters. The van der Waals surface area contributed by atoms with Gasteiger partial charge in [-0.1, -0.05) is 30.3 Å². The first-order valence-electron chi connectivity index (χ1n) is 8.42. The third kappa shape index (κ3) is 4.79. The van der Waals surface area contributed by atoms with E-state index < -0.39 is 6.10 Å². The first-order valence-corrected chi connectivity index (χ1v) is 8.42. The summed E-state index contributed by atoms with van der Waals surface area (Å²) < 4.78 is 19.0. The topological polar surface area (TPSA) is 55.4 Å². The molecular formula is C22H18FNO3. The Morgan fingerprint density at radius 1 is 0.889 bits per heavy atom. The molecule has 0 heterocycles. The molecule has 0 aliphatic rings. The average molecular weight is 363 g/mol. The van der Waals surface area contributed by atoms with Crippen molar-refractivity contribution in [3.05, 3.63) is 95.8 Å². The fraction of sp³-hybridized carbons (Fsp3) is 0.0909. The van der Waals surface area contributed by atoms with Gasteiger partial charge in [-0.3, -0.25) is 9.59 Å². The molecule has 3 aromatic carbocycles. The molecule has 0 fully saturated rings. The highest BCUT2D eigenvalue weighted by Gasteiger charge is 2.23. The van der Waals surface area contributed by atoms with Crippen LogP contribution < -0.4 is 10.1 Å². The largest absolute Gasteiger partial charge is 0.476 e. The predicted octanol–water partition coefficient (Wildman–Crippen LogP) is 4.79. The maximum atomic E-state index is 13.1. The molecule has 1 atom stereocenters. The van der Waals surface area contributed by atoms with E-state index >= 15 is 0 Å². The summed E-state index contributed by atoms with van der Waals surface area (Å²) in [6.45, 7) is 1.48. The summed E-state index contributed by atoms with van der Waals surface area (Å²) in [5.41, 5.74) is 1.71. The zero-order chi connectivity index (χ0) is 19.2. The second kappa shape index (κ2) is 8.27. The quantitative estimate of drug-likeness (QED) is 0.641. The van der Waals surface area contributed by atoms with Gasteiger partial charge in [-0.25, -0.2) is 4.39 Å².